The highest BCUT2D eigenvalue weighted by molar-refractivity contribution is 5.73. The van der Waals surface area contributed by atoms with E-state index < -0.39 is 24.9 Å². The number of anilines is 1. The Bertz CT molecular complexity index is 892. The number of carboxylic acid groups (broad SMARTS) is 1. The zero-order chi connectivity index (χ0) is 23.9. The molecule has 0 aliphatic carbocycles. The maximum atomic E-state index is 12.5. The summed E-state index contributed by atoms with van der Waals surface area (Å²) in [5.74, 6) is -1.29. The zero-order valence-corrected chi connectivity index (χ0v) is 16.9. The van der Waals surface area contributed by atoms with Gasteiger partial charge in [0.05, 0.1) is 17.9 Å². The Labute approximate surface area is 179 Å². The lowest BCUT2D eigenvalue weighted by Gasteiger charge is -2.18. The van der Waals surface area contributed by atoms with Gasteiger partial charge in [0.25, 0.3) is 0 Å². The van der Waals surface area contributed by atoms with E-state index in [0.717, 1.165) is 17.8 Å². The van der Waals surface area contributed by atoms with Crippen molar-refractivity contribution in [3.8, 4) is 11.4 Å². The molecule has 1 aliphatic rings. The Morgan fingerprint density at radius 2 is 1.88 bits per heavy atom. The SMILES string of the molecule is Cc1nc(NCC2CCN(CC(F)(F)F)C2)cc(-c2ccccn2)n1.O=C(O)C(F)(F)F. The third-order valence-electron chi connectivity index (χ3n) is 4.35. The van der Waals surface area contributed by atoms with Crippen LogP contribution in [0.4, 0.5) is 32.2 Å². The number of nitrogens with zero attached hydrogens (tertiary/aromatic N) is 4. The number of pyridine rings is 1. The Kier molecular flexibility index (Phi) is 8.36. The average Bonchev–Trinajstić information content (AvgIpc) is 3.12. The van der Waals surface area contributed by atoms with Gasteiger partial charge in [0.1, 0.15) is 11.6 Å². The van der Waals surface area contributed by atoms with E-state index in [-0.39, 0.29) is 5.92 Å². The number of rotatable bonds is 5. The molecule has 0 spiro atoms. The van der Waals surface area contributed by atoms with Gasteiger partial charge in [-0.1, -0.05) is 6.07 Å². The summed E-state index contributed by atoms with van der Waals surface area (Å²) in [6.07, 6.45) is -6.77. The molecule has 2 N–H and O–H groups in total. The van der Waals surface area contributed by atoms with Gasteiger partial charge in [-0.05, 0) is 37.9 Å². The third kappa shape index (κ3) is 8.65. The van der Waals surface area contributed by atoms with Crippen LogP contribution in [0.3, 0.4) is 0 Å². The minimum Gasteiger partial charge on any atom is -0.475 e. The van der Waals surface area contributed by atoms with Gasteiger partial charge >= 0.3 is 18.3 Å². The number of nitrogens with one attached hydrogen (secondary N) is 1. The molecule has 3 heterocycles. The number of likely N-dealkylation sites (tertiary alicyclic amines) is 1. The normalized spacial score (nSPS) is 16.9. The summed E-state index contributed by atoms with van der Waals surface area (Å²) >= 11 is 0. The number of carbonyl (C=O) groups is 1. The number of aryl methyl sites for hydroxylation is 1. The number of carboxylic acids is 1. The number of hydrogen-bond acceptors (Lipinski definition) is 6. The fourth-order valence-electron chi connectivity index (χ4n) is 3.03. The zero-order valence-electron chi connectivity index (χ0n) is 16.9. The van der Waals surface area contributed by atoms with Crippen LogP contribution < -0.4 is 5.32 Å². The Balaban J connectivity index is 0.000000451. The second-order valence-electron chi connectivity index (χ2n) is 7.09. The highest BCUT2D eigenvalue weighted by Crippen LogP contribution is 2.23. The second kappa shape index (κ2) is 10.6. The van der Waals surface area contributed by atoms with Crippen LogP contribution in [0.1, 0.15) is 12.2 Å². The van der Waals surface area contributed by atoms with Crippen molar-refractivity contribution in [3.05, 3.63) is 36.3 Å². The molecule has 0 bridgehead atoms. The summed E-state index contributed by atoms with van der Waals surface area (Å²) in [6, 6.07) is 7.42. The Hall–Kier alpha value is -2.96. The summed E-state index contributed by atoms with van der Waals surface area (Å²) < 4.78 is 69.1. The molecule has 1 aliphatic heterocycles. The minimum atomic E-state index is -5.08. The summed E-state index contributed by atoms with van der Waals surface area (Å²) in [7, 11) is 0. The van der Waals surface area contributed by atoms with Crippen molar-refractivity contribution >= 4 is 11.8 Å². The fourth-order valence-corrected chi connectivity index (χ4v) is 3.03. The maximum absolute atomic E-state index is 12.5. The lowest BCUT2D eigenvalue weighted by Crippen LogP contribution is -2.33. The molecule has 13 heteroatoms. The largest absolute Gasteiger partial charge is 0.490 e. The van der Waals surface area contributed by atoms with Crippen molar-refractivity contribution < 1.29 is 36.2 Å². The van der Waals surface area contributed by atoms with E-state index in [1.807, 2.05) is 24.3 Å². The summed E-state index contributed by atoms with van der Waals surface area (Å²) in [4.78, 5) is 23.4. The van der Waals surface area contributed by atoms with E-state index in [2.05, 4.69) is 20.3 Å². The van der Waals surface area contributed by atoms with Crippen LogP contribution in [0.5, 0.6) is 0 Å². The number of aromatic nitrogens is 3. The van der Waals surface area contributed by atoms with Crippen LogP contribution in [0.15, 0.2) is 30.5 Å². The van der Waals surface area contributed by atoms with Gasteiger partial charge in [-0.15, -0.1) is 0 Å². The number of hydrogen-bond donors (Lipinski definition) is 2. The first-order valence-electron chi connectivity index (χ1n) is 9.43. The summed E-state index contributed by atoms with van der Waals surface area (Å²) in [6.45, 7) is 2.49. The molecule has 1 atom stereocenters. The van der Waals surface area contributed by atoms with E-state index in [4.69, 9.17) is 9.90 Å². The molecular formula is C19H21F6N5O2. The standard InChI is InChI=1S/C17H20F3N5.C2HF3O2/c1-12-23-15(14-4-2-3-6-21-14)8-16(24-12)22-9-13-5-7-25(10-13)11-17(18,19)20;3-2(4,5)1(6)7/h2-4,6,8,13H,5,7,9-11H2,1H3,(H,22,23,24);(H,6,7). The van der Waals surface area contributed by atoms with E-state index >= 15 is 0 Å². The number of halogens is 6. The molecule has 3 rings (SSSR count). The molecule has 1 unspecified atom stereocenters. The predicted octanol–water partition coefficient (Wildman–Crippen LogP) is 3.78. The van der Waals surface area contributed by atoms with Crippen molar-refractivity contribution in [1.29, 1.82) is 0 Å². The summed E-state index contributed by atoms with van der Waals surface area (Å²) in [5.41, 5.74) is 1.48. The van der Waals surface area contributed by atoms with Crippen molar-refractivity contribution in [2.75, 3.05) is 31.5 Å². The average molecular weight is 465 g/mol. The predicted molar refractivity (Wildman–Crippen MR) is 103 cm³/mol. The molecule has 0 radical (unpaired) electrons. The molecule has 0 aromatic carbocycles. The van der Waals surface area contributed by atoms with Gasteiger partial charge in [0.15, 0.2) is 0 Å². The molecule has 176 valence electrons. The number of aliphatic carboxylic acids is 1. The monoisotopic (exact) mass is 465 g/mol. The summed E-state index contributed by atoms with van der Waals surface area (Å²) in [5, 5.41) is 10.4. The van der Waals surface area contributed by atoms with Gasteiger partial charge in [-0.2, -0.15) is 26.3 Å². The quantitative estimate of drug-likeness (QED) is 0.650. The maximum Gasteiger partial charge on any atom is 0.490 e. The first-order chi connectivity index (χ1) is 14.8. The molecule has 2 aromatic rings. The number of alkyl halides is 6. The third-order valence-corrected chi connectivity index (χ3v) is 4.35. The Morgan fingerprint density at radius 1 is 1.19 bits per heavy atom. The highest BCUT2D eigenvalue weighted by Gasteiger charge is 2.38. The topological polar surface area (TPSA) is 91.2 Å². The van der Waals surface area contributed by atoms with Crippen molar-refractivity contribution in [1.82, 2.24) is 19.9 Å². The minimum absolute atomic E-state index is 0.177. The van der Waals surface area contributed by atoms with Crippen LogP contribution in [0.2, 0.25) is 0 Å². The van der Waals surface area contributed by atoms with E-state index in [1.54, 1.807) is 13.1 Å². The highest BCUT2D eigenvalue weighted by atomic mass is 19.4. The smallest absolute Gasteiger partial charge is 0.475 e. The molecule has 0 amide bonds. The first kappa shape index (κ1) is 25.3. The molecule has 7 nitrogen and oxygen atoms in total. The van der Waals surface area contributed by atoms with E-state index in [9.17, 15) is 26.3 Å². The van der Waals surface area contributed by atoms with Gasteiger partial charge in [0.2, 0.25) is 0 Å². The first-order valence-corrected chi connectivity index (χ1v) is 9.43. The van der Waals surface area contributed by atoms with Crippen LogP contribution in [0, 0.1) is 12.8 Å². The van der Waals surface area contributed by atoms with E-state index in [0.29, 0.717) is 31.3 Å². The molecule has 0 saturated carbocycles. The van der Waals surface area contributed by atoms with Crippen molar-refractivity contribution in [3.63, 3.8) is 0 Å². The lowest BCUT2D eigenvalue weighted by atomic mass is 10.1. The lowest BCUT2D eigenvalue weighted by molar-refractivity contribution is -0.192. The van der Waals surface area contributed by atoms with Gasteiger partial charge < -0.3 is 10.4 Å². The van der Waals surface area contributed by atoms with Crippen molar-refractivity contribution in [2.45, 2.75) is 25.7 Å². The molecule has 32 heavy (non-hydrogen) atoms. The van der Waals surface area contributed by atoms with Gasteiger partial charge in [-0.3, -0.25) is 9.88 Å². The van der Waals surface area contributed by atoms with Crippen LogP contribution >= 0.6 is 0 Å². The van der Waals surface area contributed by atoms with E-state index in [1.165, 1.54) is 4.90 Å². The molecule has 2 aromatic heterocycles. The van der Waals surface area contributed by atoms with Gasteiger partial charge in [-0.25, -0.2) is 14.8 Å². The van der Waals surface area contributed by atoms with Crippen LogP contribution in [-0.2, 0) is 4.79 Å². The van der Waals surface area contributed by atoms with Crippen LogP contribution in [0.25, 0.3) is 11.4 Å². The molecule has 1 fully saturated rings. The molecule has 1 saturated heterocycles. The molecular weight excluding hydrogens is 444 g/mol. The fraction of sp³-hybridized carbons (Fsp3) is 0.474. The second-order valence-corrected chi connectivity index (χ2v) is 7.09. The van der Waals surface area contributed by atoms with Gasteiger partial charge in [0, 0.05) is 25.4 Å². The van der Waals surface area contributed by atoms with Crippen LogP contribution in [-0.4, -0.2) is 69.5 Å². The van der Waals surface area contributed by atoms with Crippen molar-refractivity contribution in [2.24, 2.45) is 5.92 Å². The Morgan fingerprint density at radius 3 is 2.44 bits per heavy atom.